The zero-order valence-corrected chi connectivity index (χ0v) is 19.2. The minimum Gasteiger partial charge on any atom is -0.488 e. The summed E-state index contributed by atoms with van der Waals surface area (Å²) < 4.78 is 6.65. The first-order valence-electron chi connectivity index (χ1n) is 9.58. The second kappa shape index (κ2) is 9.99. The van der Waals surface area contributed by atoms with Crippen LogP contribution in [-0.2, 0) is 6.61 Å². The zero-order valence-electron chi connectivity index (χ0n) is 16.8. The maximum absolute atomic E-state index is 12.5. The van der Waals surface area contributed by atoms with Gasteiger partial charge in [0.25, 0.3) is 11.6 Å². The average molecular weight is 500 g/mol. The van der Waals surface area contributed by atoms with Crippen LogP contribution in [0.3, 0.4) is 0 Å². The molecule has 1 amide bonds. The topological polar surface area (TPSA) is 93.8 Å². The fraction of sp³-hybridized carbons (Fsp3) is 0.0435. The smallest absolute Gasteiger partial charge is 0.281 e. The lowest BCUT2D eigenvalue weighted by Crippen LogP contribution is -2.16. The van der Waals surface area contributed by atoms with Crippen molar-refractivity contribution in [1.29, 1.82) is 0 Å². The lowest BCUT2D eigenvalue weighted by Gasteiger charge is -2.09. The molecule has 0 bridgehead atoms. The van der Waals surface area contributed by atoms with Gasteiger partial charge in [0.1, 0.15) is 12.4 Å². The summed E-state index contributed by atoms with van der Waals surface area (Å²) in [4.78, 5) is 23.3. The van der Waals surface area contributed by atoms with Crippen LogP contribution in [0.5, 0.6) is 5.75 Å². The predicted octanol–water partition coefficient (Wildman–Crippen LogP) is 6.46. The average Bonchev–Trinajstić information content (AvgIpc) is 3.24. The molecule has 7 nitrogen and oxygen atoms in total. The molecule has 0 atom stereocenters. The van der Waals surface area contributed by atoms with Gasteiger partial charge in [-0.2, -0.15) is 5.10 Å². The van der Waals surface area contributed by atoms with Crippen molar-refractivity contribution < 1.29 is 14.5 Å². The van der Waals surface area contributed by atoms with E-state index in [1.54, 1.807) is 36.4 Å². The number of para-hydroxylation sites is 1. The van der Waals surface area contributed by atoms with Crippen molar-refractivity contribution in [2.75, 3.05) is 0 Å². The number of nitrogens with zero attached hydrogens (tertiary/aromatic N) is 2. The lowest BCUT2D eigenvalue weighted by molar-refractivity contribution is -0.384. The van der Waals surface area contributed by atoms with Crippen LogP contribution in [0.4, 0.5) is 5.69 Å². The Balaban J connectivity index is 1.43. The lowest BCUT2D eigenvalue weighted by atomic mass is 10.2. The molecule has 0 aliphatic carbocycles. The van der Waals surface area contributed by atoms with E-state index < -0.39 is 10.8 Å². The van der Waals surface area contributed by atoms with Gasteiger partial charge in [-0.3, -0.25) is 14.9 Å². The zero-order chi connectivity index (χ0) is 23.4. The third kappa shape index (κ3) is 5.48. The van der Waals surface area contributed by atoms with Gasteiger partial charge in [-0.1, -0.05) is 41.4 Å². The largest absolute Gasteiger partial charge is 0.488 e. The molecule has 4 rings (SSSR count). The molecule has 33 heavy (non-hydrogen) atoms. The van der Waals surface area contributed by atoms with Gasteiger partial charge >= 0.3 is 0 Å². The number of carbonyl (C=O) groups is 1. The van der Waals surface area contributed by atoms with Crippen LogP contribution in [0.2, 0.25) is 10.0 Å². The van der Waals surface area contributed by atoms with Crippen LogP contribution in [-0.4, -0.2) is 17.0 Å². The third-order valence-corrected chi connectivity index (χ3v) is 6.46. The summed E-state index contributed by atoms with van der Waals surface area (Å²) in [5, 5.41) is 16.5. The van der Waals surface area contributed by atoms with Gasteiger partial charge in [0.15, 0.2) is 0 Å². The number of hydrogen-bond acceptors (Lipinski definition) is 6. The van der Waals surface area contributed by atoms with Gasteiger partial charge in [-0.05, 0) is 42.0 Å². The summed E-state index contributed by atoms with van der Waals surface area (Å²) in [7, 11) is 0. The first-order valence-corrected chi connectivity index (χ1v) is 11.1. The molecule has 0 unspecified atom stereocenters. The predicted molar refractivity (Wildman–Crippen MR) is 131 cm³/mol. The second-order valence-electron chi connectivity index (χ2n) is 6.86. The highest BCUT2D eigenvalue weighted by Gasteiger charge is 2.13. The van der Waals surface area contributed by atoms with Crippen LogP contribution < -0.4 is 10.2 Å². The second-order valence-corrected chi connectivity index (χ2v) is 8.76. The molecular weight excluding hydrogens is 485 g/mol. The molecule has 0 spiro atoms. The van der Waals surface area contributed by atoms with Crippen LogP contribution in [0.1, 0.15) is 20.8 Å². The number of rotatable bonds is 7. The Morgan fingerprint density at radius 2 is 1.91 bits per heavy atom. The number of halogens is 2. The highest BCUT2D eigenvalue weighted by Crippen LogP contribution is 2.29. The van der Waals surface area contributed by atoms with E-state index in [0.29, 0.717) is 31.6 Å². The van der Waals surface area contributed by atoms with Gasteiger partial charge in [0, 0.05) is 27.8 Å². The number of hydrogen-bond donors (Lipinski definition) is 1. The molecule has 10 heteroatoms. The summed E-state index contributed by atoms with van der Waals surface area (Å²) in [6, 6.07) is 18.6. The molecule has 4 aromatic rings. The Morgan fingerprint density at radius 3 is 2.70 bits per heavy atom. The normalized spacial score (nSPS) is 11.1. The van der Waals surface area contributed by atoms with Crippen molar-refractivity contribution in [1.82, 2.24) is 5.43 Å². The molecular formula is C23H15Cl2N3O4S. The van der Waals surface area contributed by atoms with Crippen molar-refractivity contribution in [3.8, 4) is 5.75 Å². The van der Waals surface area contributed by atoms with Crippen molar-refractivity contribution in [3.05, 3.63) is 103 Å². The van der Waals surface area contributed by atoms with Crippen molar-refractivity contribution in [2.45, 2.75) is 6.61 Å². The number of fused-ring (bicyclic) bond motifs is 1. The van der Waals surface area contributed by atoms with Crippen LogP contribution >= 0.6 is 34.5 Å². The molecule has 1 heterocycles. The number of carbonyl (C=O) groups excluding carboxylic acids is 1. The quantitative estimate of drug-likeness (QED) is 0.179. The molecule has 3 aromatic carbocycles. The number of amides is 1. The van der Waals surface area contributed by atoms with Gasteiger partial charge in [0.2, 0.25) is 0 Å². The van der Waals surface area contributed by atoms with Crippen molar-refractivity contribution >= 4 is 62.4 Å². The summed E-state index contributed by atoms with van der Waals surface area (Å²) in [5.74, 6) is 0.167. The Morgan fingerprint density at radius 1 is 1.09 bits per heavy atom. The standard InChI is InChI=1S/C23H15Cl2N3O4S/c24-18-7-5-14(9-19(18)25)13-32-20-4-2-1-3-15(20)12-26-27-23(29)22-11-16-10-17(28(30)31)6-8-21(16)33-22/h1-12H,13H2,(H,27,29)/b26-12-. The minimum atomic E-state index is -0.470. The van der Waals surface area contributed by atoms with E-state index in [0.717, 1.165) is 10.3 Å². The van der Waals surface area contributed by atoms with Crippen LogP contribution in [0, 0.1) is 10.1 Å². The monoisotopic (exact) mass is 499 g/mol. The minimum absolute atomic E-state index is 0.0252. The molecule has 0 fully saturated rings. The highest BCUT2D eigenvalue weighted by atomic mass is 35.5. The highest BCUT2D eigenvalue weighted by molar-refractivity contribution is 7.20. The van der Waals surface area contributed by atoms with E-state index in [1.807, 2.05) is 18.2 Å². The van der Waals surface area contributed by atoms with Gasteiger partial charge < -0.3 is 4.74 Å². The van der Waals surface area contributed by atoms with E-state index in [4.69, 9.17) is 27.9 Å². The number of ether oxygens (including phenoxy) is 1. The molecule has 0 saturated heterocycles. The molecule has 0 saturated carbocycles. The summed E-state index contributed by atoms with van der Waals surface area (Å²) in [5.41, 5.74) is 3.98. The van der Waals surface area contributed by atoms with E-state index in [9.17, 15) is 14.9 Å². The molecule has 1 N–H and O–H groups in total. The van der Waals surface area contributed by atoms with Crippen molar-refractivity contribution in [3.63, 3.8) is 0 Å². The number of non-ortho nitro benzene ring substituents is 1. The maximum Gasteiger partial charge on any atom is 0.281 e. The maximum atomic E-state index is 12.5. The van der Waals surface area contributed by atoms with Gasteiger partial charge in [-0.25, -0.2) is 5.43 Å². The molecule has 0 aliphatic rings. The third-order valence-electron chi connectivity index (χ3n) is 4.60. The van der Waals surface area contributed by atoms with Gasteiger partial charge in [0.05, 0.1) is 26.1 Å². The fourth-order valence-corrected chi connectivity index (χ4v) is 4.23. The van der Waals surface area contributed by atoms with E-state index in [2.05, 4.69) is 10.5 Å². The van der Waals surface area contributed by atoms with E-state index in [-0.39, 0.29) is 12.3 Å². The first kappa shape index (κ1) is 22.7. The summed E-state index contributed by atoms with van der Waals surface area (Å²) in [6.07, 6.45) is 1.49. The SMILES string of the molecule is O=C(N/N=C\c1ccccc1OCc1ccc(Cl)c(Cl)c1)c1cc2cc([N+](=O)[O-])ccc2s1. The van der Waals surface area contributed by atoms with E-state index >= 15 is 0 Å². The van der Waals surface area contributed by atoms with E-state index in [1.165, 1.54) is 29.7 Å². The molecule has 1 aromatic heterocycles. The molecule has 166 valence electrons. The molecule has 0 radical (unpaired) electrons. The number of thiophene rings is 1. The fourth-order valence-electron chi connectivity index (χ4n) is 2.98. The Labute approximate surface area is 202 Å². The number of nitrogens with one attached hydrogen (secondary N) is 1. The Kier molecular flexibility index (Phi) is 6.88. The Bertz CT molecular complexity index is 1390. The number of hydrazone groups is 1. The van der Waals surface area contributed by atoms with Crippen molar-refractivity contribution in [2.24, 2.45) is 5.10 Å². The van der Waals surface area contributed by atoms with Crippen LogP contribution in [0.15, 0.2) is 71.8 Å². The van der Waals surface area contributed by atoms with Crippen LogP contribution in [0.25, 0.3) is 10.1 Å². The number of nitro groups is 1. The Hall–Kier alpha value is -3.46. The summed E-state index contributed by atoms with van der Waals surface area (Å²) in [6.45, 7) is 0.280. The number of nitro benzene ring substituents is 1. The first-order chi connectivity index (χ1) is 15.9. The number of benzene rings is 3. The molecule has 0 aliphatic heterocycles. The van der Waals surface area contributed by atoms with Gasteiger partial charge in [-0.15, -0.1) is 11.3 Å². The summed E-state index contributed by atoms with van der Waals surface area (Å²) >= 11 is 13.2.